The number of aryl methyl sites for hydroxylation is 1. The van der Waals surface area contributed by atoms with E-state index in [9.17, 15) is 8.78 Å². The highest BCUT2D eigenvalue weighted by Gasteiger charge is 2.22. The van der Waals surface area contributed by atoms with Gasteiger partial charge in [-0.25, -0.2) is 18.7 Å². The molecule has 0 saturated heterocycles. The van der Waals surface area contributed by atoms with Crippen LogP contribution in [0.25, 0.3) is 44.5 Å². The number of para-hydroxylation sites is 1. The minimum atomic E-state index is -0.332. The van der Waals surface area contributed by atoms with Gasteiger partial charge in [0.05, 0.1) is 5.69 Å². The normalized spacial score (nSPS) is 11.1. The van der Waals surface area contributed by atoms with E-state index in [0.717, 1.165) is 38.9 Å². The molecule has 180 valence electrons. The lowest BCUT2D eigenvalue weighted by Crippen LogP contribution is -1.98. The molecule has 7 heteroatoms. The molecule has 0 unspecified atom stereocenters. The van der Waals surface area contributed by atoms with Gasteiger partial charge in [0.25, 0.3) is 0 Å². The SMILES string of the molecule is Cn1cc2c(-c3ccc(F)cc3)c(-c3ccnc(Nc4ccccc4)c3)c(-c3ccc(F)cc3)nc2n1. The highest BCUT2D eigenvalue weighted by Crippen LogP contribution is 2.43. The van der Waals surface area contributed by atoms with E-state index in [0.29, 0.717) is 17.2 Å². The van der Waals surface area contributed by atoms with Crippen molar-refractivity contribution in [2.24, 2.45) is 7.05 Å². The Morgan fingerprint density at radius 3 is 2.11 bits per heavy atom. The number of hydrogen-bond acceptors (Lipinski definition) is 4. The van der Waals surface area contributed by atoms with Crippen molar-refractivity contribution in [2.75, 3.05) is 5.32 Å². The lowest BCUT2D eigenvalue weighted by molar-refractivity contribution is 0.627. The van der Waals surface area contributed by atoms with Crippen molar-refractivity contribution in [3.05, 3.63) is 115 Å². The minimum absolute atomic E-state index is 0.321. The first-order valence-electron chi connectivity index (χ1n) is 11.7. The predicted octanol–water partition coefficient (Wildman–Crippen LogP) is 7.39. The van der Waals surface area contributed by atoms with E-state index in [2.05, 4.69) is 15.4 Å². The van der Waals surface area contributed by atoms with Crippen LogP contribution in [0, 0.1) is 11.6 Å². The topological polar surface area (TPSA) is 55.6 Å². The molecule has 0 radical (unpaired) electrons. The van der Waals surface area contributed by atoms with Crippen LogP contribution in [-0.2, 0) is 7.05 Å². The monoisotopic (exact) mass is 489 g/mol. The summed E-state index contributed by atoms with van der Waals surface area (Å²) in [6, 6.07) is 26.3. The van der Waals surface area contributed by atoms with Crippen molar-refractivity contribution >= 4 is 22.5 Å². The molecule has 5 nitrogen and oxygen atoms in total. The van der Waals surface area contributed by atoms with Gasteiger partial charge in [-0.2, -0.15) is 5.10 Å². The third kappa shape index (κ3) is 4.43. The molecular formula is C30H21F2N5. The van der Waals surface area contributed by atoms with Gasteiger partial charge >= 0.3 is 0 Å². The van der Waals surface area contributed by atoms with Crippen molar-refractivity contribution in [1.82, 2.24) is 19.7 Å². The Bertz CT molecular complexity index is 1710. The van der Waals surface area contributed by atoms with Crippen LogP contribution >= 0.6 is 0 Å². The summed E-state index contributed by atoms with van der Waals surface area (Å²) in [6.45, 7) is 0. The van der Waals surface area contributed by atoms with Crippen LogP contribution in [0.5, 0.6) is 0 Å². The van der Waals surface area contributed by atoms with E-state index in [1.165, 1.54) is 24.3 Å². The highest BCUT2D eigenvalue weighted by molar-refractivity contribution is 6.06. The Morgan fingerprint density at radius 1 is 0.730 bits per heavy atom. The zero-order chi connectivity index (χ0) is 25.4. The predicted molar refractivity (Wildman–Crippen MR) is 142 cm³/mol. The smallest absolute Gasteiger partial charge is 0.182 e. The summed E-state index contributed by atoms with van der Waals surface area (Å²) >= 11 is 0. The van der Waals surface area contributed by atoms with Crippen molar-refractivity contribution in [2.45, 2.75) is 0 Å². The maximum Gasteiger partial charge on any atom is 0.182 e. The van der Waals surface area contributed by atoms with Gasteiger partial charge in [0.2, 0.25) is 0 Å². The number of aromatic nitrogens is 4. The molecule has 37 heavy (non-hydrogen) atoms. The molecular weight excluding hydrogens is 468 g/mol. The second-order valence-electron chi connectivity index (χ2n) is 8.69. The molecule has 3 aromatic heterocycles. The summed E-state index contributed by atoms with van der Waals surface area (Å²) in [5.74, 6) is 0.00475. The number of nitrogens with one attached hydrogen (secondary N) is 1. The van der Waals surface area contributed by atoms with E-state index in [4.69, 9.17) is 4.98 Å². The number of pyridine rings is 2. The van der Waals surface area contributed by atoms with E-state index in [-0.39, 0.29) is 11.6 Å². The molecule has 0 aliphatic heterocycles. The van der Waals surface area contributed by atoms with Crippen molar-refractivity contribution in [1.29, 1.82) is 0 Å². The number of benzene rings is 3. The number of rotatable bonds is 5. The Labute approximate surface area is 212 Å². The van der Waals surface area contributed by atoms with Gasteiger partial charge in [-0.15, -0.1) is 0 Å². The maximum absolute atomic E-state index is 13.9. The lowest BCUT2D eigenvalue weighted by atomic mass is 9.89. The molecule has 6 rings (SSSR count). The fraction of sp³-hybridized carbons (Fsp3) is 0.0333. The highest BCUT2D eigenvalue weighted by atomic mass is 19.1. The second kappa shape index (κ2) is 9.28. The Balaban J connectivity index is 1.65. The van der Waals surface area contributed by atoms with E-state index < -0.39 is 0 Å². The summed E-state index contributed by atoms with van der Waals surface area (Å²) in [5.41, 5.74) is 6.17. The number of halogens is 2. The average Bonchev–Trinajstić information content (AvgIpc) is 3.29. The van der Waals surface area contributed by atoms with Crippen LogP contribution in [0.15, 0.2) is 103 Å². The third-order valence-electron chi connectivity index (χ3n) is 6.13. The van der Waals surface area contributed by atoms with Crippen molar-refractivity contribution in [3.8, 4) is 33.5 Å². The summed E-state index contributed by atoms with van der Waals surface area (Å²) in [5, 5.41) is 8.73. The summed E-state index contributed by atoms with van der Waals surface area (Å²) in [6.07, 6.45) is 3.64. The van der Waals surface area contributed by atoms with Gasteiger partial charge in [-0.3, -0.25) is 4.68 Å². The molecule has 3 aromatic carbocycles. The van der Waals surface area contributed by atoms with Crippen LogP contribution < -0.4 is 5.32 Å². The molecule has 0 spiro atoms. The molecule has 1 N–H and O–H groups in total. The molecule has 0 amide bonds. The second-order valence-corrected chi connectivity index (χ2v) is 8.69. The quantitative estimate of drug-likeness (QED) is 0.274. The molecule has 0 atom stereocenters. The van der Waals surface area contributed by atoms with Gasteiger partial charge < -0.3 is 5.32 Å². The molecule has 0 bridgehead atoms. The van der Waals surface area contributed by atoms with Gasteiger partial charge in [0.1, 0.15) is 17.5 Å². The zero-order valence-corrected chi connectivity index (χ0v) is 19.9. The fourth-order valence-corrected chi connectivity index (χ4v) is 4.49. The van der Waals surface area contributed by atoms with Crippen LogP contribution in [0.1, 0.15) is 0 Å². The Morgan fingerprint density at radius 2 is 1.41 bits per heavy atom. The fourth-order valence-electron chi connectivity index (χ4n) is 4.49. The first kappa shape index (κ1) is 22.5. The number of nitrogens with zero attached hydrogens (tertiary/aromatic N) is 4. The van der Waals surface area contributed by atoms with Gasteiger partial charge in [-0.05, 0) is 71.8 Å². The molecule has 0 saturated carbocycles. The molecule has 3 heterocycles. The number of fused-ring (bicyclic) bond motifs is 1. The maximum atomic E-state index is 13.9. The first-order valence-corrected chi connectivity index (χ1v) is 11.7. The van der Waals surface area contributed by atoms with Crippen molar-refractivity contribution < 1.29 is 8.78 Å². The summed E-state index contributed by atoms with van der Waals surface area (Å²) in [7, 11) is 1.84. The summed E-state index contributed by atoms with van der Waals surface area (Å²) < 4.78 is 29.4. The third-order valence-corrected chi connectivity index (χ3v) is 6.13. The Hall–Kier alpha value is -4.91. The van der Waals surface area contributed by atoms with E-state index in [1.807, 2.05) is 55.7 Å². The average molecular weight is 490 g/mol. The first-order chi connectivity index (χ1) is 18.0. The van der Waals surface area contributed by atoms with Gasteiger partial charge in [0.15, 0.2) is 5.65 Å². The molecule has 0 fully saturated rings. The molecule has 0 aliphatic carbocycles. The van der Waals surface area contributed by atoms with E-state index in [1.54, 1.807) is 35.1 Å². The van der Waals surface area contributed by atoms with Gasteiger partial charge in [0, 0.05) is 47.2 Å². The van der Waals surface area contributed by atoms with Crippen LogP contribution in [0.4, 0.5) is 20.3 Å². The van der Waals surface area contributed by atoms with Gasteiger partial charge in [-0.1, -0.05) is 30.3 Å². The van der Waals surface area contributed by atoms with Crippen molar-refractivity contribution in [3.63, 3.8) is 0 Å². The molecule has 0 aliphatic rings. The van der Waals surface area contributed by atoms with Crippen LogP contribution in [-0.4, -0.2) is 19.7 Å². The van der Waals surface area contributed by atoms with Crippen LogP contribution in [0.2, 0.25) is 0 Å². The lowest BCUT2D eigenvalue weighted by Gasteiger charge is -2.17. The zero-order valence-electron chi connectivity index (χ0n) is 19.9. The van der Waals surface area contributed by atoms with Crippen LogP contribution in [0.3, 0.4) is 0 Å². The minimum Gasteiger partial charge on any atom is -0.340 e. The Kier molecular flexibility index (Phi) is 5.65. The number of hydrogen-bond donors (Lipinski definition) is 1. The standard InChI is InChI=1S/C30H21F2N5/c1-37-18-25-27(19-7-11-22(31)12-8-19)28(29(35-30(25)36-37)20-9-13-23(32)14-10-20)21-15-16-33-26(17-21)34-24-5-3-2-4-6-24/h2-18H,1H3,(H,33,34). The number of anilines is 2. The largest absolute Gasteiger partial charge is 0.340 e. The summed E-state index contributed by atoms with van der Waals surface area (Å²) in [4.78, 5) is 9.43. The van der Waals surface area contributed by atoms with E-state index >= 15 is 0 Å². The molecule has 6 aromatic rings.